The SMILES string of the molecule is CC(O)(CC1CCCN(S(C)(=O)=O)C1)c1ccc(F)cc1. The maximum atomic E-state index is 13.0. The van der Waals surface area contributed by atoms with Crippen molar-refractivity contribution in [2.24, 2.45) is 5.92 Å². The Morgan fingerprint density at radius 3 is 2.57 bits per heavy atom. The van der Waals surface area contributed by atoms with Crippen molar-refractivity contribution in [3.63, 3.8) is 0 Å². The fraction of sp³-hybridized carbons (Fsp3) is 0.600. The molecule has 0 radical (unpaired) electrons. The van der Waals surface area contributed by atoms with Crippen LogP contribution in [0, 0.1) is 11.7 Å². The summed E-state index contributed by atoms with van der Waals surface area (Å²) in [4.78, 5) is 0. The lowest BCUT2D eigenvalue weighted by Crippen LogP contribution is -2.41. The number of benzene rings is 1. The van der Waals surface area contributed by atoms with Crippen LogP contribution in [0.15, 0.2) is 24.3 Å². The van der Waals surface area contributed by atoms with Gasteiger partial charge >= 0.3 is 0 Å². The Bertz CT molecular complexity index is 583. The Labute approximate surface area is 125 Å². The van der Waals surface area contributed by atoms with E-state index in [1.807, 2.05) is 0 Å². The van der Waals surface area contributed by atoms with Crippen LogP contribution in [0.4, 0.5) is 4.39 Å². The van der Waals surface area contributed by atoms with Gasteiger partial charge in [0.15, 0.2) is 0 Å². The van der Waals surface area contributed by atoms with Crippen LogP contribution in [0.1, 0.15) is 31.7 Å². The van der Waals surface area contributed by atoms with Crippen LogP contribution < -0.4 is 0 Å². The molecule has 2 atom stereocenters. The van der Waals surface area contributed by atoms with Crippen LogP contribution in [-0.4, -0.2) is 37.2 Å². The van der Waals surface area contributed by atoms with E-state index in [9.17, 15) is 17.9 Å². The summed E-state index contributed by atoms with van der Waals surface area (Å²) >= 11 is 0. The predicted octanol–water partition coefficient (Wildman–Crippen LogP) is 2.09. The monoisotopic (exact) mass is 315 g/mol. The summed E-state index contributed by atoms with van der Waals surface area (Å²) in [6.07, 6.45) is 3.37. The maximum absolute atomic E-state index is 13.0. The Kier molecular flexibility index (Phi) is 4.70. The Morgan fingerprint density at radius 1 is 1.38 bits per heavy atom. The summed E-state index contributed by atoms with van der Waals surface area (Å²) in [6.45, 7) is 2.68. The maximum Gasteiger partial charge on any atom is 0.211 e. The molecule has 1 fully saturated rings. The van der Waals surface area contributed by atoms with Gasteiger partial charge in [0.25, 0.3) is 0 Å². The first-order valence-electron chi connectivity index (χ1n) is 7.12. The molecule has 0 aromatic heterocycles. The van der Waals surface area contributed by atoms with Crippen molar-refractivity contribution in [3.8, 4) is 0 Å². The molecule has 0 saturated carbocycles. The highest BCUT2D eigenvalue weighted by atomic mass is 32.2. The smallest absolute Gasteiger partial charge is 0.211 e. The molecule has 21 heavy (non-hydrogen) atoms. The van der Waals surface area contributed by atoms with Crippen LogP contribution in [0.3, 0.4) is 0 Å². The molecule has 0 amide bonds. The van der Waals surface area contributed by atoms with Gasteiger partial charge in [-0.25, -0.2) is 17.1 Å². The van der Waals surface area contributed by atoms with Gasteiger partial charge in [-0.15, -0.1) is 0 Å². The van der Waals surface area contributed by atoms with Gasteiger partial charge in [0.1, 0.15) is 5.82 Å². The minimum absolute atomic E-state index is 0.105. The number of rotatable bonds is 4. The molecule has 0 aliphatic carbocycles. The van der Waals surface area contributed by atoms with Crippen molar-refractivity contribution in [2.75, 3.05) is 19.3 Å². The van der Waals surface area contributed by atoms with Gasteiger partial charge < -0.3 is 5.11 Å². The van der Waals surface area contributed by atoms with Crippen molar-refractivity contribution < 1.29 is 17.9 Å². The van der Waals surface area contributed by atoms with E-state index in [0.717, 1.165) is 12.8 Å². The van der Waals surface area contributed by atoms with Crippen LogP contribution in [0.5, 0.6) is 0 Å². The van der Waals surface area contributed by atoms with Crippen LogP contribution in [0.25, 0.3) is 0 Å². The minimum atomic E-state index is -3.18. The van der Waals surface area contributed by atoms with Crippen molar-refractivity contribution in [1.82, 2.24) is 4.31 Å². The van der Waals surface area contributed by atoms with Crippen molar-refractivity contribution in [3.05, 3.63) is 35.6 Å². The molecule has 1 aliphatic rings. The van der Waals surface area contributed by atoms with Crippen molar-refractivity contribution >= 4 is 10.0 Å². The lowest BCUT2D eigenvalue weighted by atomic mass is 9.83. The molecule has 4 nitrogen and oxygen atoms in total. The molecule has 6 heteroatoms. The topological polar surface area (TPSA) is 57.6 Å². The standard InChI is InChI=1S/C15H22FNO3S/c1-15(18,13-5-7-14(16)8-6-13)10-12-4-3-9-17(11-12)21(2,19)20/h5-8,12,18H,3-4,9-11H2,1-2H3. The van der Waals surface area contributed by atoms with Gasteiger partial charge in [-0.05, 0) is 49.8 Å². The molecule has 1 aromatic carbocycles. The van der Waals surface area contributed by atoms with Gasteiger partial charge in [0.2, 0.25) is 10.0 Å². The molecule has 2 rings (SSSR count). The quantitative estimate of drug-likeness (QED) is 0.925. The van der Waals surface area contributed by atoms with Crippen LogP contribution in [-0.2, 0) is 15.6 Å². The summed E-state index contributed by atoms with van der Waals surface area (Å²) in [5.74, 6) is -0.232. The lowest BCUT2D eigenvalue weighted by molar-refractivity contribution is 0.0210. The number of hydrogen-bond acceptors (Lipinski definition) is 3. The first-order chi connectivity index (χ1) is 9.68. The zero-order chi connectivity index (χ0) is 15.7. The molecule has 1 heterocycles. The van der Waals surface area contributed by atoms with Gasteiger partial charge in [-0.2, -0.15) is 0 Å². The van der Waals surface area contributed by atoms with E-state index >= 15 is 0 Å². The first-order valence-corrected chi connectivity index (χ1v) is 8.97. The number of aliphatic hydroxyl groups is 1. The van der Waals surface area contributed by atoms with E-state index < -0.39 is 15.6 Å². The second-order valence-corrected chi connectivity index (χ2v) is 8.10. The molecule has 1 aromatic rings. The fourth-order valence-electron chi connectivity index (χ4n) is 2.98. The van der Waals surface area contributed by atoms with Gasteiger partial charge in [0.05, 0.1) is 11.9 Å². The normalized spacial score (nSPS) is 23.7. The van der Waals surface area contributed by atoms with E-state index in [4.69, 9.17) is 0 Å². The van der Waals surface area contributed by atoms with Crippen LogP contribution in [0.2, 0.25) is 0 Å². The number of sulfonamides is 1. The summed E-state index contributed by atoms with van der Waals surface area (Å²) < 4.78 is 37.7. The zero-order valence-corrected chi connectivity index (χ0v) is 13.2. The summed E-state index contributed by atoms with van der Waals surface area (Å²) in [5, 5.41) is 10.6. The average molecular weight is 315 g/mol. The molecule has 1 N–H and O–H groups in total. The summed E-state index contributed by atoms with van der Waals surface area (Å²) in [6, 6.07) is 5.81. The average Bonchev–Trinajstić information content (AvgIpc) is 2.38. The van der Waals surface area contributed by atoms with E-state index in [0.29, 0.717) is 25.1 Å². The molecular weight excluding hydrogens is 293 g/mol. The third kappa shape index (κ3) is 4.25. The second-order valence-electron chi connectivity index (χ2n) is 6.11. The zero-order valence-electron chi connectivity index (χ0n) is 12.4. The highest BCUT2D eigenvalue weighted by Crippen LogP contribution is 2.32. The number of piperidine rings is 1. The van der Waals surface area contributed by atoms with Gasteiger partial charge in [0, 0.05) is 13.1 Å². The number of nitrogens with zero attached hydrogens (tertiary/aromatic N) is 1. The third-order valence-electron chi connectivity index (χ3n) is 4.10. The summed E-state index contributed by atoms with van der Waals surface area (Å²) in [5.41, 5.74) is -0.431. The van der Waals surface area contributed by atoms with Crippen molar-refractivity contribution in [2.45, 2.75) is 31.8 Å². The van der Waals surface area contributed by atoms with E-state index in [1.54, 1.807) is 19.1 Å². The Hall–Kier alpha value is -0.980. The van der Waals surface area contributed by atoms with Gasteiger partial charge in [-0.3, -0.25) is 0 Å². The molecular formula is C15H22FNO3S. The molecule has 1 aliphatic heterocycles. The van der Waals surface area contributed by atoms with E-state index in [1.165, 1.54) is 22.7 Å². The Balaban J connectivity index is 2.07. The van der Waals surface area contributed by atoms with Gasteiger partial charge in [-0.1, -0.05) is 12.1 Å². The van der Waals surface area contributed by atoms with E-state index in [-0.39, 0.29) is 11.7 Å². The Morgan fingerprint density at radius 2 is 2.00 bits per heavy atom. The molecule has 0 spiro atoms. The first kappa shape index (κ1) is 16.4. The predicted molar refractivity (Wildman–Crippen MR) is 79.7 cm³/mol. The summed E-state index contributed by atoms with van der Waals surface area (Å²) in [7, 11) is -3.18. The third-order valence-corrected chi connectivity index (χ3v) is 5.37. The number of hydrogen-bond donors (Lipinski definition) is 1. The largest absolute Gasteiger partial charge is 0.385 e. The highest BCUT2D eigenvalue weighted by Gasteiger charge is 2.32. The molecule has 1 saturated heterocycles. The minimum Gasteiger partial charge on any atom is -0.385 e. The number of halogens is 1. The molecule has 118 valence electrons. The van der Waals surface area contributed by atoms with E-state index in [2.05, 4.69) is 0 Å². The lowest BCUT2D eigenvalue weighted by Gasteiger charge is -2.35. The van der Waals surface area contributed by atoms with Crippen LogP contribution >= 0.6 is 0 Å². The molecule has 2 unspecified atom stereocenters. The molecule has 0 bridgehead atoms. The fourth-order valence-corrected chi connectivity index (χ4v) is 3.93. The van der Waals surface area contributed by atoms with Crippen molar-refractivity contribution in [1.29, 1.82) is 0 Å². The second kappa shape index (κ2) is 6.02. The highest BCUT2D eigenvalue weighted by molar-refractivity contribution is 7.88.